The van der Waals surface area contributed by atoms with Crippen LogP contribution < -0.4 is 9.64 Å². The molecule has 8 heteroatoms. The minimum atomic E-state index is -4.18. The zero-order valence-corrected chi connectivity index (χ0v) is 12.9. The molecule has 0 aliphatic carbocycles. The Morgan fingerprint density at radius 2 is 1.88 bits per heavy atom. The van der Waals surface area contributed by atoms with Gasteiger partial charge >= 0.3 is 12.0 Å². The molecule has 0 aromatic heterocycles. The predicted molar refractivity (Wildman–Crippen MR) is 79.6 cm³/mol. The number of fused-ring (bicyclic) bond motifs is 1. The summed E-state index contributed by atoms with van der Waals surface area (Å²) in [4.78, 5) is 24.4. The average molecular weight is 353 g/mol. The van der Waals surface area contributed by atoms with Gasteiger partial charge in [0.05, 0.1) is 17.8 Å². The summed E-state index contributed by atoms with van der Waals surface area (Å²) in [6.07, 6.45) is -4.18. The molecule has 130 valence electrons. The first-order valence-electron chi connectivity index (χ1n) is 7.17. The molecular formula is C17H11F4NO3. The molecule has 0 spiro atoms. The van der Waals surface area contributed by atoms with Crippen LogP contribution in [0.3, 0.4) is 0 Å². The van der Waals surface area contributed by atoms with Crippen molar-refractivity contribution >= 4 is 17.4 Å². The van der Waals surface area contributed by atoms with Crippen molar-refractivity contribution < 1.29 is 31.9 Å². The van der Waals surface area contributed by atoms with E-state index in [2.05, 4.69) is 4.74 Å². The zero-order chi connectivity index (χ0) is 18.4. The second-order valence-electron chi connectivity index (χ2n) is 5.47. The predicted octanol–water partition coefficient (Wildman–Crippen LogP) is 3.69. The first kappa shape index (κ1) is 16.9. The molecule has 0 saturated heterocycles. The van der Waals surface area contributed by atoms with Crippen molar-refractivity contribution in [3.63, 3.8) is 0 Å². The molecule has 0 bridgehead atoms. The van der Waals surface area contributed by atoms with E-state index in [-0.39, 0.29) is 16.8 Å². The van der Waals surface area contributed by atoms with Crippen molar-refractivity contribution in [2.24, 2.45) is 0 Å². The van der Waals surface area contributed by atoms with Crippen LogP contribution in [0.25, 0.3) is 0 Å². The number of para-hydroxylation sites is 1. The number of nitrogens with zero attached hydrogens (tertiary/aromatic N) is 1. The second kappa shape index (κ2) is 5.87. The van der Waals surface area contributed by atoms with Gasteiger partial charge in [0.15, 0.2) is 23.2 Å². The molecule has 0 fully saturated rings. The number of carbonyl (C=O) groups excluding carboxylic acids is 2. The van der Waals surface area contributed by atoms with E-state index in [1.54, 1.807) is 0 Å². The van der Waals surface area contributed by atoms with Gasteiger partial charge in [0.1, 0.15) is 0 Å². The van der Waals surface area contributed by atoms with Gasteiger partial charge in [-0.15, -0.1) is 0 Å². The molecule has 3 rings (SSSR count). The number of Topliss-reactive ketones (excluding diaryl/α,β-unsaturated/α-hetero) is 1. The summed E-state index contributed by atoms with van der Waals surface area (Å²) in [5.74, 6) is -4.87. The number of ketones is 1. The number of amides is 1. The van der Waals surface area contributed by atoms with Gasteiger partial charge in [-0.05, 0) is 36.8 Å². The Labute approximate surface area is 139 Å². The maximum atomic E-state index is 14.0. The molecule has 1 heterocycles. The number of hydrogen-bond donors (Lipinski definition) is 0. The van der Waals surface area contributed by atoms with E-state index in [0.29, 0.717) is 4.90 Å². The molecule has 0 unspecified atom stereocenters. The van der Waals surface area contributed by atoms with Gasteiger partial charge in [-0.25, -0.2) is 8.78 Å². The quantitative estimate of drug-likeness (QED) is 0.625. The van der Waals surface area contributed by atoms with E-state index < -0.39 is 41.7 Å². The molecule has 0 radical (unpaired) electrons. The molecule has 0 saturated carbocycles. The second-order valence-corrected chi connectivity index (χ2v) is 5.47. The Morgan fingerprint density at radius 3 is 2.52 bits per heavy atom. The summed E-state index contributed by atoms with van der Waals surface area (Å²) in [7, 11) is 0. The third-order valence-electron chi connectivity index (χ3n) is 3.71. The lowest BCUT2D eigenvalue weighted by Crippen LogP contribution is -2.50. The molecule has 2 aromatic rings. The number of benzene rings is 2. The van der Waals surface area contributed by atoms with Crippen LogP contribution in [0.5, 0.6) is 5.75 Å². The fraction of sp³-hybridized carbons (Fsp3) is 0.176. The molecule has 0 atom stereocenters. The fourth-order valence-corrected chi connectivity index (χ4v) is 2.54. The topological polar surface area (TPSA) is 46.6 Å². The zero-order valence-electron chi connectivity index (χ0n) is 12.9. The van der Waals surface area contributed by atoms with Crippen LogP contribution in [-0.4, -0.2) is 17.8 Å². The number of rotatable bonds is 3. The average Bonchev–Trinajstić information content (AvgIpc) is 2.54. The standard InChI is InChI=1S/C17H11F4NO3/c1-9(23)11-3-2-4-14-15(11)25-17(20,21)16(24)22(14)8-10-5-6-12(18)13(19)7-10/h2-7H,8H2,1H3. The molecule has 1 aliphatic rings. The summed E-state index contributed by atoms with van der Waals surface area (Å²) in [6, 6.07) is 6.85. The Balaban J connectivity index is 2.09. The van der Waals surface area contributed by atoms with Crippen LogP contribution in [0.15, 0.2) is 36.4 Å². The van der Waals surface area contributed by atoms with E-state index in [1.165, 1.54) is 31.2 Å². The lowest BCUT2D eigenvalue weighted by Gasteiger charge is -2.34. The van der Waals surface area contributed by atoms with Crippen molar-refractivity contribution in [3.05, 3.63) is 59.2 Å². The van der Waals surface area contributed by atoms with Crippen molar-refractivity contribution in [3.8, 4) is 5.75 Å². The maximum absolute atomic E-state index is 14.0. The SMILES string of the molecule is CC(=O)c1cccc2c1OC(F)(F)C(=O)N2Cc1ccc(F)c(F)c1. The van der Waals surface area contributed by atoms with Crippen LogP contribution >= 0.6 is 0 Å². The van der Waals surface area contributed by atoms with Crippen molar-refractivity contribution in [1.82, 2.24) is 0 Å². The third kappa shape index (κ3) is 2.95. The highest BCUT2D eigenvalue weighted by molar-refractivity contribution is 6.05. The minimum Gasteiger partial charge on any atom is -0.422 e. The van der Waals surface area contributed by atoms with E-state index in [0.717, 1.165) is 12.1 Å². The van der Waals surface area contributed by atoms with Crippen LogP contribution in [0, 0.1) is 11.6 Å². The lowest BCUT2D eigenvalue weighted by molar-refractivity contribution is -0.193. The largest absolute Gasteiger partial charge is 0.483 e. The van der Waals surface area contributed by atoms with Gasteiger partial charge in [-0.3, -0.25) is 14.5 Å². The van der Waals surface area contributed by atoms with E-state index in [9.17, 15) is 27.2 Å². The van der Waals surface area contributed by atoms with Gasteiger partial charge in [0.2, 0.25) is 0 Å². The highest BCUT2D eigenvalue weighted by atomic mass is 19.3. The van der Waals surface area contributed by atoms with Gasteiger partial charge in [0.25, 0.3) is 0 Å². The Morgan fingerprint density at radius 1 is 1.16 bits per heavy atom. The smallest absolute Gasteiger partial charge is 0.422 e. The summed E-state index contributed by atoms with van der Waals surface area (Å²) >= 11 is 0. The highest BCUT2D eigenvalue weighted by Gasteiger charge is 2.51. The monoisotopic (exact) mass is 353 g/mol. The number of carbonyl (C=O) groups is 2. The van der Waals surface area contributed by atoms with E-state index in [4.69, 9.17) is 0 Å². The number of halogens is 4. The molecular weight excluding hydrogens is 342 g/mol. The van der Waals surface area contributed by atoms with Crippen LogP contribution in [0.1, 0.15) is 22.8 Å². The van der Waals surface area contributed by atoms with Crippen LogP contribution in [-0.2, 0) is 11.3 Å². The first-order chi connectivity index (χ1) is 11.7. The summed E-state index contributed by atoms with van der Waals surface area (Å²) in [5.41, 5.74) is -0.0579. The van der Waals surface area contributed by atoms with Crippen LogP contribution in [0.4, 0.5) is 23.2 Å². The molecule has 25 heavy (non-hydrogen) atoms. The normalized spacial score (nSPS) is 15.6. The van der Waals surface area contributed by atoms with E-state index in [1.807, 2.05) is 0 Å². The Kier molecular flexibility index (Phi) is 3.98. The van der Waals surface area contributed by atoms with E-state index >= 15 is 0 Å². The van der Waals surface area contributed by atoms with Gasteiger partial charge in [0, 0.05) is 0 Å². The molecule has 2 aromatic carbocycles. The minimum absolute atomic E-state index is 0.0478. The number of hydrogen-bond acceptors (Lipinski definition) is 3. The number of anilines is 1. The fourth-order valence-electron chi connectivity index (χ4n) is 2.54. The van der Waals surface area contributed by atoms with Crippen molar-refractivity contribution in [1.29, 1.82) is 0 Å². The maximum Gasteiger partial charge on any atom is 0.483 e. The molecule has 1 aliphatic heterocycles. The number of alkyl halides is 2. The van der Waals surface area contributed by atoms with Crippen LogP contribution in [0.2, 0.25) is 0 Å². The van der Waals surface area contributed by atoms with Gasteiger partial charge < -0.3 is 4.74 Å². The Hall–Kier alpha value is -2.90. The molecule has 4 nitrogen and oxygen atoms in total. The lowest BCUT2D eigenvalue weighted by atomic mass is 10.1. The third-order valence-corrected chi connectivity index (χ3v) is 3.71. The first-order valence-corrected chi connectivity index (χ1v) is 7.17. The molecule has 0 N–H and O–H groups in total. The van der Waals surface area contributed by atoms with Gasteiger partial charge in [-0.2, -0.15) is 8.78 Å². The molecule has 1 amide bonds. The van der Waals surface area contributed by atoms with Crippen molar-refractivity contribution in [2.75, 3.05) is 4.90 Å². The van der Waals surface area contributed by atoms with Crippen molar-refractivity contribution in [2.45, 2.75) is 19.6 Å². The summed E-state index contributed by atoms with van der Waals surface area (Å²) in [5, 5.41) is 0. The highest BCUT2D eigenvalue weighted by Crippen LogP contribution is 2.42. The Bertz CT molecular complexity index is 882. The summed E-state index contributed by atoms with van der Waals surface area (Å²) < 4.78 is 58.7. The van der Waals surface area contributed by atoms with Gasteiger partial charge in [-0.1, -0.05) is 12.1 Å². The number of ether oxygens (including phenoxy) is 1. The summed E-state index contributed by atoms with van der Waals surface area (Å²) in [6.45, 7) is 0.733.